The number of nitrogens with zero attached hydrogens (tertiary/aromatic N) is 1. The molecule has 6 heteroatoms. The van der Waals surface area contributed by atoms with Gasteiger partial charge in [0.2, 0.25) is 0 Å². The third kappa shape index (κ3) is 4.28. The zero-order valence-corrected chi connectivity index (χ0v) is 13.1. The van der Waals surface area contributed by atoms with Gasteiger partial charge in [-0.15, -0.1) is 0 Å². The Morgan fingerprint density at radius 2 is 2.09 bits per heavy atom. The van der Waals surface area contributed by atoms with Gasteiger partial charge in [0.15, 0.2) is 0 Å². The monoisotopic (exact) mass is 316 g/mol. The molecule has 0 aliphatic heterocycles. The molecule has 1 heterocycles. The molecule has 1 atom stereocenters. The molecule has 0 aliphatic carbocycles. The number of aliphatic hydroxyl groups excluding tert-OH is 2. The predicted octanol–water partition coefficient (Wildman–Crippen LogP) is 1.95. The molecule has 2 rings (SSSR count). The van der Waals surface area contributed by atoms with Crippen molar-refractivity contribution in [3.63, 3.8) is 0 Å². The summed E-state index contributed by atoms with van der Waals surface area (Å²) < 4.78 is 4.98. The smallest absolute Gasteiger partial charge is 0.342 e. The van der Waals surface area contributed by atoms with Gasteiger partial charge >= 0.3 is 5.97 Å². The van der Waals surface area contributed by atoms with Crippen LogP contribution in [0.15, 0.2) is 36.5 Å². The number of aromatic nitrogens is 1. The molecule has 0 fully saturated rings. The Kier molecular flexibility index (Phi) is 5.67. The number of carbonyl (C=O) groups is 1. The summed E-state index contributed by atoms with van der Waals surface area (Å²) in [4.78, 5) is 16.3. The van der Waals surface area contributed by atoms with E-state index in [0.29, 0.717) is 5.82 Å². The highest BCUT2D eigenvalue weighted by Crippen LogP contribution is 2.24. The van der Waals surface area contributed by atoms with Gasteiger partial charge in [0.1, 0.15) is 24.1 Å². The van der Waals surface area contributed by atoms with Crippen LogP contribution in [-0.4, -0.2) is 40.5 Å². The second kappa shape index (κ2) is 7.71. The molecule has 6 nitrogen and oxygen atoms in total. The lowest BCUT2D eigenvalue weighted by molar-refractivity contribution is 0.00938. The zero-order chi connectivity index (χ0) is 16.8. The van der Waals surface area contributed by atoms with Crippen LogP contribution in [0.2, 0.25) is 0 Å². The Morgan fingerprint density at radius 1 is 1.30 bits per heavy atom. The van der Waals surface area contributed by atoms with Gasteiger partial charge in [-0.1, -0.05) is 12.1 Å². The number of nitrogens with one attached hydrogen (secondary N) is 1. The molecule has 1 aromatic carbocycles. The molecular formula is C17H20N2O4. The van der Waals surface area contributed by atoms with Crippen LogP contribution >= 0.6 is 0 Å². The maximum absolute atomic E-state index is 12.1. The largest absolute Gasteiger partial charge is 0.459 e. The van der Waals surface area contributed by atoms with Crippen LogP contribution in [-0.2, 0) is 4.74 Å². The second-order valence-electron chi connectivity index (χ2n) is 5.21. The lowest BCUT2D eigenvalue weighted by Gasteiger charge is -2.14. The summed E-state index contributed by atoms with van der Waals surface area (Å²) >= 11 is 0. The van der Waals surface area contributed by atoms with Gasteiger partial charge in [0.25, 0.3) is 0 Å². The van der Waals surface area contributed by atoms with Gasteiger partial charge in [0, 0.05) is 11.9 Å². The van der Waals surface area contributed by atoms with Crippen LogP contribution in [0.3, 0.4) is 0 Å². The number of pyridine rings is 1. The van der Waals surface area contributed by atoms with E-state index >= 15 is 0 Å². The van der Waals surface area contributed by atoms with E-state index in [1.807, 2.05) is 32.0 Å². The highest BCUT2D eigenvalue weighted by Gasteiger charge is 2.16. The normalized spacial score (nSPS) is 11.8. The van der Waals surface area contributed by atoms with E-state index in [1.165, 1.54) is 0 Å². The summed E-state index contributed by atoms with van der Waals surface area (Å²) in [6.45, 7) is 3.25. The minimum absolute atomic E-state index is 0.263. The fourth-order valence-electron chi connectivity index (χ4n) is 1.99. The first-order valence-electron chi connectivity index (χ1n) is 7.27. The number of anilines is 2. The first kappa shape index (κ1) is 16.9. The standard InChI is InChI=1S/C17H20N2O4/c1-11-5-3-7-15(12(11)2)19-16-14(6-4-8-18-16)17(22)23-10-13(21)9-20/h3-8,13,20-21H,9-10H2,1-2H3,(H,18,19). The Morgan fingerprint density at radius 3 is 2.83 bits per heavy atom. The van der Waals surface area contributed by atoms with Crippen LogP contribution in [0.4, 0.5) is 11.5 Å². The van der Waals surface area contributed by atoms with Crippen LogP contribution in [0.1, 0.15) is 21.5 Å². The fourth-order valence-corrected chi connectivity index (χ4v) is 1.99. The van der Waals surface area contributed by atoms with Gasteiger partial charge in [-0.2, -0.15) is 0 Å². The van der Waals surface area contributed by atoms with E-state index < -0.39 is 18.7 Å². The number of rotatable bonds is 6. The van der Waals surface area contributed by atoms with E-state index in [0.717, 1.165) is 16.8 Å². The number of aliphatic hydroxyl groups is 2. The highest BCUT2D eigenvalue weighted by molar-refractivity contribution is 5.95. The first-order chi connectivity index (χ1) is 11.0. The van der Waals surface area contributed by atoms with E-state index in [4.69, 9.17) is 9.84 Å². The zero-order valence-electron chi connectivity index (χ0n) is 13.1. The molecule has 0 saturated heterocycles. The van der Waals surface area contributed by atoms with Gasteiger partial charge in [0.05, 0.1) is 6.61 Å². The fraction of sp³-hybridized carbons (Fsp3) is 0.294. The third-order valence-electron chi connectivity index (χ3n) is 3.50. The van der Waals surface area contributed by atoms with Crippen molar-refractivity contribution in [3.8, 4) is 0 Å². The van der Waals surface area contributed by atoms with Gasteiger partial charge in [-0.3, -0.25) is 0 Å². The number of hydrogen-bond acceptors (Lipinski definition) is 6. The molecule has 1 unspecified atom stereocenters. The van der Waals surface area contributed by atoms with Gasteiger partial charge < -0.3 is 20.3 Å². The van der Waals surface area contributed by atoms with Crippen LogP contribution in [0, 0.1) is 13.8 Å². The van der Waals surface area contributed by atoms with E-state index in [2.05, 4.69) is 10.3 Å². The van der Waals surface area contributed by atoms with Crippen molar-refractivity contribution in [2.24, 2.45) is 0 Å². The van der Waals surface area contributed by atoms with E-state index in [1.54, 1.807) is 18.3 Å². The molecule has 0 amide bonds. The van der Waals surface area contributed by atoms with Crippen LogP contribution in [0.5, 0.6) is 0 Å². The summed E-state index contributed by atoms with van der Waals surface area (Å²) in [5.41, 5.74) is 3.31. The highest BCUT2D eigenvalue weighted by atomic mass is 16.5. The van der Waals surface area contributed by atoms with Crippen molar-refractivity contribution >= 4 is 17.5 Å². The number of carbonyl (C=O) groups excluding carboxylic acids is 1. The molecular weight excluding hydrogens is 296 g/mol. The molecule has 3 N–H and O–H groups in total. The number of hydrogen-bond donors (Lipinski definition) is 3. The van der Waals surface area contributed by atoms with Crippen molar-refractivity contribution < 1.29 is 19.7 Å². The minimum atomic E-state index is -1.09. The quantitative estimate of drug-likeness (QED) is 0.706. The van der Waals surface area contributed by atoms with Crippen molar-refractivity contribution in [1.29, 1.82) is 0 Å². The second-order valence-corrected chi connectivity index (χ2v) is 5.21. The number of aryl methyl sites for hydroxylation is 1. The Bertz CT molecular complexity index is 688. The van der Waals surface area contributed by atoms with Crippen molar-refractivity contribution in [1.82, 2.24) is 4.98 Å². The molecule has 1 aromatic heterocycles. The lowest BCUT2D eigenvalue weighted by atomic mass is 10.1. The topological polar surface area (TPSA) is 91.7 Å². The molecule has 0 aliphatic rings. The molecule has 122 valence electrons. The summed E-state index contributed by atoms with van der Waals surface area (Å²) in [7, 11) is 0. The molecule has 0 bridgehead atoms. The average molecular weight is 316 g/mol. The van der Waals surface area contributed by atoms with E-state index in [9.17, 15) is 9.90 Å². The molecule has 2 aromatic rings. The summed E-state index contributed by atoms with van der Waals surface area (Å²) in [5.74, 6) is -0.233. The molecule has 23 heavy (non-hydrogen) atoms. The number of benzene rings is 1. The number of ether oxygens (including phenoxy) is 1. The van der Waals surface area contributed by atoms with Crippen LogP contribution < -0.4 is 5.32 Å². The molecule has 0 saturated carbocycles. The maximum atomic E-state index is 12.1. The number of esters is 1. The Hall–Kier alpha value is -2.44. The molecule has 0 spiro atoms. The third-order valence-corrected chi connectivity index (χ3v) is 3.50. The van der Waals surface area contributed by atoms with Gasteiger partial charge in [-0.25, -0.2) is 9.78 Å². The summed E-state index contributed by atoms with van der Waals surface area (Å²) in [6.07, 6.45) is 0.485. The minimum Gasteiger partial charge on any atom is -0.459 e. The first-order valence-corrected chi connectivity index (χ1v) is 7.27. The molecule has 0 radical (unpaired) electrons. The Balaban J connectivity index is 2.20. The Labute approximate surface area is 134 Å². The van der Waals surface area contributed by atoms with Crippen molar-refractivity contribution in [2.45, 2.75) is 20.0 Å². The maximum Gasteiger partial charge on any atom is 0.342 e. The summed E-state index contributed by atoms with van der Waals surface area (Å²) in [5, 5.41) is 21.2. The average Bonchev–Trinajstić information content (AvgIpc) is 2.57. The predicted molar refractivity (Wildman–Crippen MR) is 86.8 cm³/mol. The van der Waals surface area contributed by atoms with E-state index in [-0.39, 0.29) is 12.2 Å². The SMILES string of the molecule is Cc1cccc(Nc2ncccc2C(=O)OCC(O)CO)c1C. The van der Waals surface area contributed by atoms with Crippen molar-refractivity contribution in [3.05, 3.63) is 53.2 Å². The van der Waals surface area contributed by atoms with Crippen molar-refractivity contribution in [2.75, 3.05) is 18.5 Å². The summed E-state index contributed by atoms with van der Waals surface area (Å²) in [6, 6.07) is 9.05. The van der Waals surface area contributed by atoms with Crippen LogP contribution in [0.25, 0.3) is 0 Å². The lowest BCUT2D eigenvalue weighted by Crippen LogP contribution is -2.22. The van der Waals surface area contributed by atoms with Gasteiger partial charge in [-0.05, 0) is 43.2 Å².